The molecule has 0 aliphatic rings. The zero-order valence-corrected chi connectivity index (χ0v) is 18.3. The molecule has 2 N–H and O–H groups in total. The van der Waals surface area contributed by atoms with Crippen molar-refractivity contribution in [2.75, 3.05) is 5.73 Å². The van der Waals surface area contributed by atoms with E-state index in [1.165, 1.54) is 87.3 Å². The molecule has 0 aromatic heterocycles. The number of benzene rings is 2. The molecule has 0 fully saturated rings. The number of anilines is 1. The second-order valence-corrected chi connectivity index (χ2v) is 8.29. The first-order valence-electron chi connectivity index (χ1n) is 11.7. The van der Waals surface area contributed by atoms with Crippen LogP contribution in [-0.2, 0) is 6.42 Å². The topological polar surface area (TPSA) is 26.0 Å². The predicted molar refractivity (Wildman–Crippen MR) is 125 cm³/mol. The third-order valence-corrected chi connectivity index (χ3v) is 5.98. The molecule has 1 heteroatoms. The van der Waals surface area contributed by atoms with E-state index in [0.29, 0.717) is 5.92 Å². The Morgan fingerprint density at radius 2 is 1.07 bits per heavy atom. The van der Waals surface area contributed by atoms with E-state index in [1.807, 2.05) is 12.1 Å². The standard InChI is InChI=1S/C27H41N/c1-3-5-6-7-8-9-10-11-12-13-14-27(25-19-21-26(28)22-20-25)24-17-15-23(4-2)16-18-24/h15-22,27H,3-14,28H2,1-2H3. The monoisotopic (exact) mass is 379 g/mol. The van der Waals surface area contributed by atoms with Gasteiger partial charge in [-0.1, -0.05) is 114 Å². The molecule has 0 aliphatic carbocycles. The molecule has 2 aromatic rings. The molecule has 0 amide bonds. The third-order valence-electron chi connectivity index (χ3n) is 5.98. The van der Waals surface area contributed by atoms with Crippen LogP contribution in [-0.4, -0.2) is 0 Å². The Kier molecular flexibility index (Phi) is 10.8. The first-order valence-corrected chi connectivity index (χ1v) is 11.7. The van der Waals surface area contributed by atoms with E-state index in [2.05, 4.69) is 50.2 Å². The first kappa shape index (κ1) is 22.5. The predicted octanol–water partition coefficient (Wildman–Crippen LogP) is 8.27. The molecule has 0 heterocycles. The van der Waals surface area contributed by atoms with Crippen molar-refractivity contribution in [1.29, 1.82) is 0 Å². The van der Waals surface area contributed by atoms with Gasteiger partial charge in [-0.3, -0.25) is 0 Å². The van der Waals surface area contributed by atoms with Crippen LogP contribution in [0.5, 0.6) is 0 Å². The van der Waals surface area contributed by atoms with Crippen LogP contribution in [0.25, 0.3) is 0 Å². The molecule has 0 radical (unpaired) electrons. The van der Waals surface area contributed by atoms with E-state index >= 15 is 0 Å². The van der Waals surface area contributed by atoms with E-state index in [1.54, 1.807) is 0 Å². The summed E-state index contributed by atoms with van der Waals surface area (Å²) in [5.41, 5.74) is 11.0. The summed E-state index contributed by atoms with van der Waals surface area (Å²) < 4.78 is 0. The molecule has 1 unspecified atom stereocenters. The van der Waals surface area contributed by atoms with Gasteiger partial charge in [0, 0.05) is 11.6 Å². The van der Waals surface area contributed by atoms with Gasteiger partial charge in [0.15, 0.2) is 0 Å². The van der Waals surface area contributed by atoms with Gasteiger partial charge in [-0.15, -0.1) is 0 Å². The van der Waals surface area contributed by atoms with Crippen LogP contribution < -0.4 is 5.73 Å². The maximum atomic E-state index is 5.91. The van der Waals surface area contributed by atoms with E-state index in [-0.39, 0.29) is 0 Å². The Balaban J connectivity index is 1.81. The number of rotatable bonds is 14. The van der Waals surface area contributed by atoms with E-state index in [9.17, 15) is 0 Å². The summed E-state index contributed by atoms with van der Waals surface area (Å²) in [6, 6.07) is 17.7. The zero-order valence-electron chi connectivity index (χ0n) is 18.3. The first-order chi connectivity index (χ1) is 13.7. The molecule has 154 valence electrons. The van der Waals surface area contributed by atoms with Gasteiger partial charge in [0.05, 0.1) is 0 Å². The molecule has 0 spiro atoms. The fourth-order valence-corrected chi connectivity index (χ4v) is 4.08. The number of unbranched alkanes of at least 4 members (excludes halogenated alkanes) is 9. The van der Waals surface area contributed by atoms with Crippen molar-refractivity contribution in [2.24, 2.45) is 0 Å². The van der Waals surface area contributed by atoms with Crippen LogP contribution >= 0.6 is 0 Å². The molecular weight excluding hydrogens is 338 g/mol. The van der Waals surface area contributed by atoms with Gasteiger partial charge >= 0.3 is 0 Å². The summed E-state index contributed by atoms with van der Waals surface area (Å²) in [5, 5.41) is 0. The zero-order chi connectivity index (χ0) is 20.0. The lowest BCUT2D eigenvalue weighted by Gasteiger charge is -2.19. The molecule has 2 aromatic carbocycles. The highest BCUT2D eigenvalue weighted by molar-refractivity contribution is 5.43. The number of hydrogen-bond acceptors (Lipinski definition) is 1. The minimum absolute atomic E-state index is 0.487. The fraction of sp³-hybridized carbons (Fsp3) is 0.556. The molecule has 2 rings (SSSR count). The molecule has 0 aliphatic heterocycles. The largest absolute Gasteiger partial charge is 0.399 e. The highest BCUT2D eigenvalue weighted by atomic mass is 14.5. The van der Waals surface area contributed by atoms with Crippen LogP contribution in [0.2, 0.25) is 0 Å². The molecular formula is C27H41N. The molecule has 1 atom stereocenters. The summed E-state index contributed by atoms with van der Waals surface area (Å²) in [5.74, 6) is 0.487. The second kappa shape index (κ2) is 13.4. The van der Waals surface area contributed by atoms with Gasteiger partial charge in [0.1, 0.15) is 0 Å². The summed E-state index contributed by atoms with van der Waals surface area (Å²) in [7, 11) is 0. The highest BCUT2D eigenvalue weighted by Gasteiger charge is 2.14. The maximum absolute atomic E-state index is 5.91. The highest BCUT2D eigenvalue weighted by Crippen LogP contribution is 2.31. The summed E-state index contributed by atoms with van der Waals surface area (Å²) in [4.78, 5) is 0. The van der Waals surface area contributed by atoms with Crippen molar-refractivity contribution < 1.29 is 0 Å². The molecule has 0 bridgehead atoms. The Labute approximate surface area is 173 Å². The maximum Gasteiger partial charge on any atom is 0.0314 e. The van der Waals surface area contributed by atoms with E-state index < -0.39 is 0 Å². The minimum Gasteiger partial charge on any atom is -0.399 e. The van der Waals surface area contributed by atoms with Crippen LogP contribution in [0.1, 0.15) is 107 Å². The average molecular weight is 380 g/mol. The van der Waals surface area contributed by atoms with Crippen molar-refractivity contribution in [3.05, 3.63) is 65.2 Å². The lowest BCUT2D eigenvalue weighted by atomic mass is 9.86. The number of hydrogen-bond donors (Lipinski definition) is 1. The summed E-state index contributed by atoms with van der Waals surface area (Å²) in [6.07, 6.45) is 16.2. The molecule has 28 heavy (non-hydrogen) atoms. The van der Waals surface area contributed by atoms with Crippen LogP contribution in [0.15, 0.2) is 48.5 Å². The molecule has 1 nitrogen and oxygen atoms in total. The lowest BCUT2D eigenvalue weighted by Crippen LogP contribution is -2.02. The number of aryl methyl sites for hydroxylation is 1. The molecule has 0 saturated heterocycles. The average Bonchev–Trinajstić information content (AvgIpc) is 2.73. The lowest BCUT2D eigenvalue weighted by molar-refractivity contribution is 0.540. The van der Waals surface area contributed by atoms with Crippen molar-refractivity contribution in [3.8, 4) is 0 Å². The minimum atomic E-state index is 0.487. The van der Waals surface area contributed by atoms with E-state index in [0.717, 1.165) is 12.1 Å². The van der Waals surface area contributed by atoms with Crippen LogP contribution in [0.3, 0.4) is 0 Å². The Morgan fingerprint density at radius 1 is 0.607 bits per heavy atom. The van der Waals surface area contributed by atoms with Crippen LogP contribution in [0, 0.1) is 0 Å². The second-order valence-electron chi connectivity index (χ2n) is 8.29. The normalized spacial score (nSPS) is 12.2. The van der Waals surface area contributed by atoms with Crippen molar-refractivity contribution in [3.63, 3.8) is 0 Å². The fourth-order valence-electron chi connectivity index (χ4n) is 4.08. The van der Waals surface area contributed by atoms with Gasteiger partial charge in [0.2, 0.25) is 0 Å². The van der Waals surface area contributed by atoms with Gasteiger partial charge in [0.25, 0.3) is 0 Å². The number of nitrogens with two attached hydrogens (primary N) is 1. The summed E-state index contributed by atoms with van der Waals surface area (Å²) >= 11 is 0. The van der Waals surface area contributed by atoms with Gasteiger partial charge in [-0.05, 0) is 41.7 Å². The quantitative estimate of drug-likeness (QED) is 0.259. The van der Waals surface area contributed by atoms with E-state index in [4.69, 9.17) is 5.73 Å². The SMILES string of the molecule is CCCCCCCCCCCCC(c1ccc(N)cc1)c1ccc(CC)cc1. The Hall–Kier alpha value is -1.76. The number of nitrogen functional groups attached to an aromatic ring is 1. The summed E-state index contributed by atoms with van der Waals surface area (Å²) in [6.45, 7) is 4.51. The smallest absolute Gasteiger partial charge is 0.0314 e. The van der Waals surface area contributed by atoms with Gasteiger partial charge < -0.3 is 5.73 Å². The van der Waals surface area contributed by atoms with Gasteiger partial charge in [-0.25, -0.2) is 0 Å². The molecule has 0 saturated carbocycles. The van der Waals surface area contributed by atoms with Crippen molar-refractivity contribution in [2.45, 2.75) is 96.8 Å². The van der Waals surface area contributed by atoms with Crippen molar-refractivity contribution in [1.82, 2.24) is 0 Å². The van der Waals surface area contributed by atoms with Crippen molar-refractivity contribution >= 4 is 5.69 Å². The third kappa shape index (κ3) is 8.09. The van der Waals surface area contributed by atoms with Crippen LogP contribution in [0.4, 0.5) is 5.69 Å². The van der Waals surface area contributed by atoms with Gasteiger partial charge in [-0.2, -0.15) is 0 Å². The Morgan fingerprint density at radius 3 is 1.57 bits per heavy atom. The Bertz CT molecular complexity index is 626.